The smallest absolute Gasteiger partial charge is 0.243 e. The van der Waals surface area contributed by atoms with Crippen LogP contribution in [0.4, 0.5) is 0 Å². The molecule has 0 radical (unpaired) electrons. The number of aromatic nitrogens is 9. The number of rotatable bonds is 42. The van der Waals surface area contributed by atoms with E-state index in [4.69, 9.17) is 16.2 Å². The van der Waals surface area contributed by atoms with E-state index in [1.54, 1.807) is 77.6 Å². The molecule has 0 saturated heterocycles. The highest BCUT2D eigenvalue weighted by Crippen LogP contribution is 2.30. The van der Waals surface area contributed by atoms with Crippen molar-refractivity contribution in [3.05, 3.63) is 359 Å². The molecule has 12 aromatic rings. The van der Waals surface area contributed by atoms with Crippen LogP contribution in [0.3, 0.4) is 0 Å². The number of amides is 9. The second kappa shape index (κ2) is 44.3. The van der Waals surface area contributed by atoms with Gasteiger partial charge in [-0.15, -0.1) is 28.1 Å². The van der Waals surface area contributed by atoms with Crippen LogP contribution in [0.2, 0.25) is 0 Å². The molecule has 3 aromatic heterocycles. The zero-order chi connectivity index (χ0) is 90.0. The molecule has 0 bridgehead atoms. The third-order valence-electron chi connectivity index (χ3n) is 23.4. The summed E-state index contributed by atoms with van der Waals surface area (Å²) in [7, 11) is 5.30. The van der Waals surface area contributed by atoms with Crippen molar-refractivity contribution in [2.45, 2.75) is 117 Å². The molecule has 0 aliphatic heterocycles. The predicted molar refractivity (Wildman–Crippen MR) is 478 cm³/mol. The molecule has 0 aliphatic rings. The van der Waals surface area contributed by atoms with Gasteiger partial charge in [-0.05, 0) is 91.6 Å². The minimum atomic E-state index is -0.874. The fourth-order valence-corrected chi connectivity index (χ4v) is 15.8. The number of primary amides is 1. The Morgan fingerprint density at radius 3 is 0.764 bits per heavy atom. The lowest BCUT2D eigenvalue weighted by molar-refractivity contribution is -0.739. The van der Waals surface area contributed by atoms with E-state index in [2.05, 4.69) is 10.5 Å². The highest BCUT2D eigenvalue weighted by atomic mass is 16.2. The number of carbonyl (C=O) groups is 9. The molecular weight excluding hydrogens is 1600 g/mol. The maximum atomic E-state index is 16.4. The van der Waals surface area contributed by atoms with Crippen LogP contribution in [0, 0.1) is 0 Å². The molecule has 28 nitrogen and oxygen atoms in total. The van der Waals surface area contributed by atoms with Crippen LogP contribution in [-0.4, -0.2) is 181 Å². The van der Waals surface area contributed by atoms with E-state index >= 15 is 38.4 Å². The van der Waals surface area contributed by atoms with Gasteiger partial charge in [-0.3, -0.25) is 43.2 Å². The maximum Gasteiger partial charge on any atom is 0.243 e. The molecule has 0 spiro atoms. The predicted octanol–water partition coefficient (Wildman–Crippen LogP) is 9.07. The summed E-state index contributed by atoms with van der Waals surface area (Å²) in [6.07, 6.45) is 5.50. The molecule has 12 rings (SSSR count). The number of nitrogens with two attached hydrogens (primary N) is 1. The van der Waals surface area contributed by atoms with Gasteiger partial charge in [0, 0.05) is 0 Å². The third kappa shape index (κ3) is 25.0. The Morgan fingerprint density at radius 2 is 0.504 bits per heavy atom. The summed E-state index contributed by atoms with van der Waals surface area (Å²) in [4.78, 5) is 151. The van der Waals surface area contributed by atoms with Crippen molar-refractivity contribution in [1.82, 2.24) is 74.2 Å². The fourth-order valence-electron chi connectivity index (χ4n) is 15.8. The summed E-state index contributed by atoms with van der Waals surface area (Å²) < 4.78 is 10.3. The van der Waals surface area contributed by atoms with Gasteiger partial charge in [-0.2, -0.15) is 0 Å². The summed E-state index contributed by atoms with van der Waals surface area (Å²) >= 11 is 0. The van der Waals surface area contributed by atoms with Gasteiger partial charge in [0.05, 0.1) is 84.6 Å². The summed E-state index contributed by atoms with van der Waals surface area (Å²) in [5.41, 5.74) is 14.8. The molecule has 127 heavy (non-hydrogen) atoms. The number of nitrogens with one attached hydrogen (secondary N) is 1. The molecule has 0 unspecified atom stereocenters. The first-order valence-corrected chi connectivity index (χ1v) is 42.8. The van der Waals surface area contributed by atoms with E-state index in [1.807, 2.05) is 305 Å². The Labute approximate surface area is 742 Å². The number of nitrogens with zero attached hydrogens (tertiary/aromatic N) is 17. The Balaban J connectivity index is 0.883. The molecule has 3 heterocycles. The lowest BCUT2D eigenvalue weighted by Crippen LogP contribution is -2.53. The zero-order valence-corrected chi connectivity index (χ0v) is 73.6. The van der Waals surface area contributed by atoms with Crippen LogP contribution < -0.4 is 25.1 Å². The van der Waals surface area contributed by atoms with Gasteiger partial charge in [0.25, 0.3) is 0 Å². The largest absolute Gasteiger partial charge is 0.368 e. The normalized spacial score (nSPS) is 12.6. The summed E-state index contributed by atoms with van der Waals surface area (Å²) in [5.74, 6) is -5.63. The molecular formula is C99H114N19O9+3. The highest BCUT2D eigenvalue weighted by molar-refractivity contribution is 5.94. The molecule has 0 saturated carbocycles. The lowest BCUT2D eigenvalue weighted by atomic mass is 10.0. The van der Waals surface area contributed by atoms with Crippen LogP contribution in [0.5, 0.6) is 0 Å². The second-order valence-electron chi connectivity index (χ2n) is 32.2. The Bertz CT molecular complexity index is 5600. The lowest BCUT2D eigenvalue weighted by Gasteiger charge is -2.37. The monoisotopic (exact) mass is 1710 g/mol. The summed E-state index contributed by atoms with van der Waals surface area (Å²) in [6.45, 7) is 7.11. The van der Waals surface area contributed by atoms with Crippen molar-refractivity contribution in [3.63, 3.8) is 0 Å². The maximum absolute atomic E-state index is 16.4. The Kier molecular flexibility index (Phi) is 32.0. The topological polar surface area (TPSA) is 283 Å². The molecule has 656 valence electrons. The van der Waals surface area contributed by atoms with Gasteiger partial charge in [-0.1, -0.05) is 273 Å². The number of hydrogen-bond acceptors (Lipinski definition) is 13. The van der Waals surface area contributed by atoms with Crippen molar-refractivity contribution in [2.24, 2.45) is 26.9 Å². The van der Waals surface area contributed by atoms with Crippen LogP contribution in [0.1, 0.15) is 145 Å². The molecule has 9 aromatic carbocycles. The summed E-state index contributed by atoms with van der Waals surface area (Å²) in [5, 5.41) is 17.6. The van der Waals surface area contributed by atoms with Gasteiger partial charge in [0.15, 0.2) is 35.7 Å². The van der Waals surface area contributed by atoms with E-state index in [1.165, 1.54) is 39.2 Å². The first-order valence-electron chi connectivity index (χ1n) is 42.8. The molecule has 28 heteroatoms. The number of benzene rings is 9. The van der Waals surface area contributed by atoms with E-state index in [0.717, 1.165) is 33.5 Å². The van der Waals surface area contributed by atoms with Crippen molar-refractivity contribution < 1.29 is 57.2 Å². The van der Waals surface area contributed by atoms with Gasteiger partial charge in [0.1, 0.15) is 86.6 Å². The van der Waals surface area contributed by atoms with Crippen molar-refractivity contribution in [2.75, 3.05) is 58.9 Å². The van der Waals surface area contributed by atoms with Crippen molar-refractivity contribution >= 4 is 53.2 Å². The van der Waals surface area contributed by atoms with Crippen LogP contribution >= 0.6 is 0 Å². The standard InChI is InChI=1S/C99H113N19O9/c1-73(82-43-25-13-26-44-82)113(65-91(100)119)97(125)71-117(77(5)86-51-33-17-34-52-86)95(123)66-108(60-89-63-111(103-106(89)8)58-80-39-21-11-22-40-80)94(122)69-116(76(4)85-49-31-16-32-50-85)99(127)72-118(78(6)87-53-35-18-36-54-87)96(124)67-109(61-90-64-112(104-107(90)9)59-81-41-23-12-24-42-81)93(121)68-115(75(3)84-47-29-15-30-48-84)98(126)70-114(74(2)83-45-27-14-28-46-83)92(120)56-101-55-88-62-110(102-105(88)7)57-79-37-19-10-20-38-79/h10-54,62-64,73-78,101H,55-61,65-72H2,1-9H3,(H-,100,119)/q+2/p+1/t73-,74-,75-,76-,77-,78-/m1/s1. The van der Waals surface area contributed by atoms with Crippen LogP contribution in [0.15, 0.2) is 292 Å². The van der Waals surface area contributed by atoms with Gasteiger partial charge in [-0.25, -0.2) is 0 Å². The van der Waals surface area contributed by atoms with Gasteiger partial charge < -0.3 is 50.2 Å². The van der Waals surface area contributed by atoms with Gasteiger partial charge in [0.2, 0.25) is 53.2 Å². The average Bonchev–Trinajstić information content (AvgIpc) is 1.81. The third-order valence-corrected chi connectivity index (χ3v) is 23.4. The first-order chi connectivity index (χ1) is 61.3. The minimum absolute atomic E-state index is 0.164. The summed E-state index contributed by atoms with van der Waals surface area (Å²) in [6, 6.07) is 80.0. The van der Waals surface area contributed by atoms with Crippen LogP contribution in [0.25, 0.3) is 0 Å². The highest BCUT2D eigenvalue weighted by Gasteiger charge is 2.39. The molecule has 0 aliphatic carbocycles. The van der Waals surface area contributed by atoms with E-state index in [9.17, 15) is 4.79 Å². The van der Waals surface area contributed by atoms with Crippen LogP contribution in [-0.2, 0) is 104 Å². The zero-order valence-electron chi connectivity index (χ0n) is 73.6. The van der Waals surface area contributed by atoms with E-state index < -0.39 is 136 Å². The molecule has 0 fully saturated rings. The Hall–Kier alpha value is -14.4. The van der Waals surface area contributed by atoms with E-state index in [0.29, 0.717) is 53.3 Å². The minimum Gasteiger partial charge on any atom is -0.368 e. The molecule has 3 N–H and O–H groups in total. The van der Waals surface area contributed by atoms with Crippen molar-refractivity contribution in [3.8, 4) is 0 Å². The Morgan fingerprint density at radius 1 is 0.291 bits per heavy atom. The van der Waals surface area contributed by atoms with Crippen molar-refractivity contribution in [1.29, 1.82) is 0 Å². The number of hydrogen-bond donors (Lipinski definition) is 2. The second-order valence-corrected chi connectivity index (χ2v) is 32.2. The number of aryl methyl sites for hydroxylation is 3. The molecule has 6 atom stereocenters. The first kappa shape index (κ1) is 91.8. The quantitative estimate of drug-likeness (QED) is 0.0338. The average molecular weight is 1710 g/mol. The fraction of sp³-hybridized carbons (Fsp3) is 0.303. The molecule has 9 amide bonds. The number of carbonyl (C=O) groups excluding carboxylic acids is 9. The van der Waals surface area contributed by atoms with E-state index in [-0.39, 0.29) is 32.1 Å². The van der Waals surface area contributed by atoms with Gasteiger partial charge >= 0.3 is 0 Å². The SMILES string of the molecule is C[C@H](c1ccccc1)N(CC(N)=O)C(=O)CN(C(=O)CN(Cc1cn(Cc2ccccc2)n[n+]1C)C(=O)CN(C(=O)CN(C(=O)CN(Cc1cn(Cc2ccccc2)n[n+]1C)C(=O)CN(C(=O)CN(C(=O)CNCc1cn(Cc2ccccc2)n[n+]1C)[C@H](C)c1ccccc1)[C@H](C)c1ccccc1)[C@H](C)c1ccccc1)[C@H](C)c1ccccc1)[C@H](C)c1ccccc1.